The summed E-state index contributed by atoms with van der Waals surface area (Å²) in [5.74, 6) is -0.246. The van der Waals surface area contributed by atoms with Crippen molar-refractivity contribution in [2.24, 2.45) is 0 Å². The molecule has 136 valence electrons. The van der Waals surface area contributed by atoms with Crippen molar-refractivity contribution in [2.45, 2.75) is 116 Å². The average molecular weight is 327 g/mol. The highest BCUT2D eigenvalue weighted by Crippen LogP contribution is 2.12. The van der Waals surface area contributed by atoms with E-state index in [1.165, 1.54) is 51.4 Å². The van der Waals surface area contributed by atoms with Crippen LogP contribution in [0.5, 0.6) is 0 Å². The van der Waals surface area contributed by atoms with Crippen LogP contribution in [0.15, 0.2) is 0 Å². The van der Waals surface area contributed by atoms with Gasteiger partial charge in [-0.15, -0.1) is 0 Å². The minimum Gasteiger partial charge on any atom is -0.481 e. The fourth-order valence-corrected chi connectivity index (χ4v) is 2.89. The minimum absolute atomic E-state index is 0.299. The highest BCUT2D eigenvalue weighted by Gasteiger charge is 2.02. The lowest BCUT2D eigenvalue weighted by atomic mass is 10.0. The minimum atomic E-state index is -0.690. The maximum Gasteiger partial charge on any atom is 0.303 e. The molecule has 0 heterocycles. The smallest absolute Gasteiger partial charge is 0.303 e. The first kappa shape index (κ1) is 22.1. The Labute approximate surface area is 143 Å². The molecule has 0 spiro atoms. The second-order valence-corrected chi connectivity index (χ2v) is 6.78. The molecule has 3 nitrogen and oxygen atoms in total. The number of carboxylic acid groups (broad SMARTS) is 1. The van der Waals surface area contributed by atoms with E-state index in [1.807, 2.05) is 0 Å². The predicted octanol–water partition coefficient (Wildman–Crippen LogP) is 6.29. The maximum atomic E-state index is 11.8. The van der Waals surface area contributed by atoms with E-state index in [-0.39, 0.29) is 0 Å². The normalized spacial score (nSPS) is 10.8. The monoisotopic (exact) mass is 326 g/mol. The van der Waals surface area contributed by atoms with Gasteiger partial charge in [0, 0.05) is 19.3 Å². The summed E-state index contributed by atoms with van der Waals surface area (Å²) in [5.41, 5.74) is 0. The fraction of sp³-hybridized carbons (Fsp3) is 0.900. The molecule has 0 radical (unpaired) electrons. The lowest BCUT2D eigenvalue weighted by Crippen LogP contribution is -1.97. The van der Waals surface area contributed by atoms with E-state index < -0.39 is 5.97 Å². The number of carboxylic acids is 1. The van der Waals surface area contributed by atoms with E-state index in [1.54, 1.807) is 0 Å². The molecule has 0 aliphatic rings. The van der Waals surface area contributed by atoms with Crippen molar-refractivity contribution in [3.8, 4) is 0 Å². The lowest BCUT2D eigenvalue weighted by molar-refractivity contribution is -0.137. The van der Waals surface area contributed by atoms with Gasteiger partial charge in [-0.05, 0) is 19.3 Å². The Balaban J connectivity index is 3.17. The van der Waals surface area contributed by atoms with Crippen LogP contribution < -0.4 is 0 Å². The van der Waals surface area contributed by atoms with Crippen LogP contribution in [0.1, 0.15) is 116 Å². The molecule has 3 heteroatoms. The summed E-state index contributed by atoms with van der Waals surface area (Å²) in [6, 6.07) is 0. The number of unbranched alkanes of at least 4 members (excludes halogenated alkanes) is 12. The number of carbonyl (C=O) groups excluding carboxylic acids is 1. The zero-order valence-electron chi connectivity index (χ0n) is 15.3. The first-order chi connectivity index (χ1) is 11.2. The number of carbonyl (C=O) groups is 2. The van der Waals surface area contributed by atoms with Crippen LogP contribution in [0.2, 0.25) is 0 Å². The molecule has 0 aliphatic carbocycles. The molecule has 0 saturated carbocycles. The molecule has 0 aromatic heterocycles. The summed E-state index contributed by atoms with van der Waals surface area (Å²) in [4.78, 5) is 22.1. The standard InChI is InChI=1S/C20H38O3/c1-2-3-4-5-7-10-13-16-19(21)17-14-11-8-6-9-12-15-18-20(22)23/h2-18H2,1H3,(H,22,23). The van der Waals surface area contributed by atoms with Crippen LogP contribution in [0.3, 0.4) is 0 Å². The van der Waals surface area contributed by atoms with Crippen LogP contribution in [0, 0.1) is 0 Å². The zero-order chi connectivity index (χ0) is 17.2. The van der Waals surface area contributed by atoms with Crippen LogP contribution >= 0.6 is 0 Å². The third-order valence-electron chi connectivity index (χ3n) is 4.41. The summed E-state index contributed by atoms with van der Waals surface area (Å²) >= 11 is 0. The van der Waals surface area contributed by atoms with Crippen molar-refractivity contribution in [3.63, 3.8) is 0 Å². The largest absolute Gasteiger partial charge is 0.481 e. The third kappa shape index (κ3) is 19.1. The van der Waals surface area contributed by atoms with Gasteiger partial charge in [-0.1, -0.05) is 77.6 Å². The molecule has 0 aromatic rings. The first-order valence-corrected chi connectivity index (χ1v) is 9.90. The topological polar surface area (TPSA) is 54.4 Å². The molecule has 1 N–H and O–H groups in total. The van der Waals surface area contributed by atoms with Crippen molar-refractivity contribution >= 4 is 11.8 Å². The van der Waals surface area contributed by atoms with E-state index in [9.17, 15) is 9.59 Å². The summed E-state index contributed by atoms with van der Waals surface area (Å²) < 4.78 is 0. The molecule has 0 amide bonds. The second kappa shape index (κ2) is 17.5. The van der Waals surface area contributed by atoms with E-state index in [0.717, 1.165) is 51.4 Å². The quantitative estimate of drug-likeness (QED) is 0.301. The van der Waals surface area contributed by atoms with Gasteiger partial charge in [0.1, 0.15) is 5.78 Å². The van der Waals surface area contributed by atoms with Crippen molar-refractivity contribution < 1.29 is 14.7 Å². The third-order valence-corrected chi connectivity index (χ3v) is 4.41. The van der Waals surface area contributed by atoms with Crippen LogP contribution in [-0.4, -0.2) is 16.9 Å². The Bertz CT molecular complexity index is 287. The van der Waals surface area contributed by atoms with Gasteiger partial charge in [-0.25, -0.2) is 0 Å². The van der Waals surface area contributed by atoms with Crippen molar-refractivity contribution in [2.75, 3.05) is 0 Å². The molecule has 0 saturated heterocycles. The molecule has 0 aliphatic heterocycles. The zero-order valence-corrected chi connectivity index (χ0v) is 15.3. The summed E-state index contributed by atoms with van der Waals surface area (Å²) in [6.07, 6.45) is 18.2. The van der Waals surface area contributed by atoms with Crippen molar-refractivity contribution in [1.29, 1.82) is 0 Å². The SMILES string of the molecule is CCCCCCCCCC(=O)CCCCCCCCCC(=O)O. The van der Waals surface area contributed by atoms with E-state index in [0.29, 0.717) is 12.2 Å². The highest BCUT2D eigenvalue weighted by atomic mass is 16.4. The Morgan fingerprint density at radius 1 is 0.565 bits per heavy atom. The van der Waals surface area contributed by atoms with E-state index in [2.05, 4.69) is 6.92 Å². The van der Waals surface area contributed by atoms with Gasteiger partial charge in [0.05, 0.1) is 0 Å². The molecule has 0 bridgehead atoms. The van der Waals surface area contributed by atoms with Gasteiger partial charge in [0.25, 0.3) is 0 Å². The average Bonchev–Trinajstić information content (AvgIpc) is 2.52. The van der Waals surface area contributed by atoms with Crippen LogP contribution in [0.4, 0.5) is 0 Å². The number of hydrogen-bond acceptors (Lipinski definition) is 2. The molecule has 0 aromatic carbocycles. The predicted molar refractivity (Wildman–Crippen MR) is 96.8 cm³/mol. The fourth-order valence-electron chi connectivity index (χ4n) is 2.89. The van der Waals surface area contributed by atoms with E-state index >= 15 is 0 Å². The number of aliphatic carboxylic acids is 1. The Morgan fingerprint density at radius 3 is 1.30 bits per heavy atom. The van der Waals surface area contributed by atoms with Crippen molar-refractivity contribution in [3.05, 3.63) is 0 Å². The molecule has 0 unspecified atom stereocenters. The van der Waals surface area contributed by atoms with Gasteiger partial charge in [-0.3, -0.25) is 9.59 Å². The number of Topliss-reactive ketones (excluding diaryl/α,β-unsaturated/α-hetero) is 1. The van der Waals surface area contributed by atoms with Gasteiger partial charge in [0.2, 0.25) is 0 Å². The molecule has 0 rings (SSSR count). The van der Waals surface area contributed by atoms with Crippen LogP contribution in [0.25, 0.3) is 0 Å². The van der Waals surface area contributed by atoms with Gasteiger partial charge < -0.3 is 5.11 Å². The Hall–Kier alpha value is -0.860. The maximum absolute atomic E-state index is 11.8. The summed E-state index contributed by atoms with van der Waals surface area (Å²) in [6.45, 7) is 2.23. The number of ketones is 1. The van der Waals surface area contributed by atoms with Crippen molar-refractivity contribution in [1.82, 2.24) is 0 Å². The Kier molecular flexibility index (Phi) is 16.8. The molecular weight excluding hydrogens is 288 g/mol. The molecule has 23 heavy (non-hydrogen) atoms. The lowest BCUT2D eigenvalue weighted by Gasteiger charge is -2.03. The molecular formula is C20H38O3. The van der Waals surface area contributed by atoms with Gasteiger partial charge in [0.15, 0.2) is 0 Å². The second-order valence-electron chi connectivity index (χ2n) is 6.78. The summed E-state index contributed by atoms with van der Waals surface area (Å²) in [7, 11) is 0. The molecule has 0 atom stereocenters. The van der Waals surface area contributed by atoms with Gasteiger partial charge in [-0.2, -0.15) is 0 Å². The first-order valence-electron chi connectivity index (χ1n) is 9.90. The Morgan fingerprint density at radius 2 is 0.913 bits per heavy atom. The molecule has 0 fully saturated rings. The highest BCUT2D eigenvalue weighted by molar-refractivity contribution is 5.78. The van der Waals surface area contributed by atoms with Crippen LogP contribution in [-0.2, 0) is 9.59 Å². The van der Waals surface area contributed by atoms with E-state index in [4.69, 9.17) is 5.11 Å². The summed E-state index contributed by atoms with van der Waals surface area (Å²) in [5, 5.41) is 8.53. The van der Waals surface area contributed by atoms with Gasteiger partial charge >= 0.3 is 5.97 Å². The number of hydrogen-bond donors (Lipinski definition) is 1. The number of rotatable bonds is 18.